The molecule has 0 aliphatic carbocycles. The van der Waals surface area contributed by atoms with Gasteiger partial charge in [0, 0.05) is 18.0 Å². The van der Waals surface area contributed by atoms with E-state index in [0.717, 1.165) is 48.1 Å². The van der Waals surface area contributed by atoms with E-state index in [4.69, 9.17) is 31.4 Å². The van der Waals surface area contributed by atoms with Gasteiger partial charge in [0.1, 0.15) is 23.0 Å². The third-order valence-electron chi connectivity index (χ3n) is 6.46. The van der Waals surface area contributed by atoms with E-state index >= 15 is 0 Å². The summed E-state index contributed by atoms with van der Waals surface area (Å²) in [6, 6.07) is 14.5. The van der Waals surface area contributed by atoms with E-state index in [0.29, 0.717) is 34.3 Å². The Morgan fingerprint density at radius 3 is 2.40 bits per heavy atom. The quantitative estimate of drug-likeness (QED) is 0.161. The first-order valence-electron chi connectivity index (χ1n) is 13.9. The van der Waals surface area contributed by atoms with Crippen LogP contribution in [0.2, 0.25) is 5.02 Å². The molecule has 1 aromatic heterocycles. The summed E-state index contributed by atoms with van der Waals surface area (Å²) < 4.78 is 46.5. The van der Waals surface area contributed by atoms with Gasteiger partial charge in [-0.1, -0.05) is 11.6 Å². The highest BCUT2D eigenvalue weighted by atomic mass is 35.5. The highest BCUT2D eigenvalue weighted by molar-refractivity contribution is 8.00. The van der Waals surface area contributed by atoms with E-state index in [2.05, 4.69) is 9.73 Å². The molecule has 4 aromatic rings. The lowest BCUT2D eigenvalue weighted by molar-refractivity contribution is -0.144. The van der Waals surface area contributed by atoms with Gasteiger partial charge >= 0.3 is 16.8 Å². The molecule has 16 heteroatoms. The van der Waals surface area contributed by atoms with Crippen molar-refractivity contribution in [1.82, 2.24) is 9.36 Å². The number of fused-ring (bicyclic) bond motifs is 1. The molecule has 0 saturated carbocycles. The Labute approximate surface area is 280 Å². The zero-order valence-corrected chi connectivity index (χ0v) is 27.3. The van der Waals surface area contributed by atoms with Crippen molar-refractivity contribution in [3.63, 3.8) is 0 Å². The number of rotatable bonds is 9. The fourth-order valence-electron chi connectivity index (χ4n) is 4.05. The van der Waals surface area contributed by atoms with Gasteiger partial charge in [0.25, 0.3) is 0 Å². The predicted molar refractivity (Wildman–Crippen MR) is 171 cm³/mol. The summed E-state index contributed by atoms with van der Waals surface area (Å²) in [4.78, 5) is 39.2. The first kappa shape index (κ1) is 35.2. The van der Waals surface area contributed by atoms with E-state index in [-0.39, 0.29) is 32.6 Å². The molecule has 0 radical (unpaired) electrons. The Hall–Kier alpha value is -4.65. The zero-order valence-electron chi connectivity index (χ0n) is 24.9. The molecular weight excluding hydrogens is 678 g/mol. The number of ether oxygens (including phenoxy) is 3. The van der Waals surface area contributed by atoms with E-state index in [1.165, 1.54) is 56.5 Å². The number of carboxylic acid groups (broad SMARTS) is 1. The van der Waals surface area contributed by atoms with Gasteiger partial charge in [-0.3, -0.25) is 14.3 Å². The van der Waals surface area contributed by atoms with Crippen LogP contribution in [0.1, 0.15) is 25.3 Å². The summed E-state index contributed by atoms with van der Waals surface area (Å²) in [6.45, 7) is 2.74. The summed E-state index contributed by atoms with van der Waals surface area (Å²) in [5.41, 5.74) is 0.288. The number of esters is 1. The molecule has 0 amide bonds. The molecule has 0 spiro atoms. The molecule has 1 atom stereocenters. The van der Waals surface area contributed by atoms with Crippen molar-refractivity contribution in [2.45, 2.75) is 43.9 Å². The van der Waals surface area contributed by atoms with Crippen molar-refractivity contribution in [3.8, 4) is 23.3 Å². The van der Waals surface area contributed by atoms with Crippen LogP contribution < -0.4 is 19.1 Å². The van der Waals surface area contributed by atoms with E-state index < -0.39 is 29.7 Å². The largest absolute Gasteiger partial charge is 0.479 e. The highest BCUT2D eigenvalue weighted by Crippen LogP contribution is 2.33. The van der Waals surface area contributed by atoms with Gasteiger partial charge in [0.05, 0.1) is 29.5 Å². The van der Waals surface area contributed by atoms with Gasteiger partial charge < -0.3 is 19.3 Å². The van der Waals surface area contributed by atoms with Gasteiger partial charge in [-0.2, -0.15) is 5.26 Å². The molecule has 1 aliphatic heterocycles. The number of aromatic nitrogens is 2. The lowest BCUT2D eigenvalue weighted by Gasteiger charge is -2.15. The van der Waals surface area contributed by atoms with Gasteiger partial charge in [-0.15, -0.1) is 11.8 Å². The second-order valence-electron chi connectivity index (χ2n) is 9.74. The van der Waals surface area contributed by atoms with Crippen LogP contribution in [-0.2, 0) is 27.4 Å². The van der Waals surface area contributed by atoms with Crippen molar-refractivity contribution in [1.29, 1.82) is 5.26 Å². The molecule has 47 heavy (non-hydrogen) atoms. The molecule has 2 heterocycles. The van der Waals surface area contributed by atoms with Gasteiger partial charge in [-0.05, 0) is 85.7 Å². The Balaban J connectivity index is 0.000000215. The molecular formula is C31H27ClF2N4O7S2. The first-order valence-corrected chi connectivity index (χ1v) is 16.1. The standard InChI is InChI=1S/C16H12FNO4.C15H15ClFN3O3S2/c1-10(16(19)20)21-12-3-5-13(6-4-12)22-15-7-2-11(9-18)8-14(15)17;1-23-13(21)8-24-12-7-11(10(17)6-9(12)16)18-14-19-4-2-3-5-20(19)15(22)25-14/h2-8,10H,1H3,(H,19,20);6-7H,2-5,8H2,1H3/b;18-14-/t10-;/m1./s1. The lowest BCUT2D eigenvalue weighted by Crippen LogP contribution is -2.31. The van der Waals surface area contributed by atoms with Crippen LogP contribution in [0.4, 0.5) is 14.5 Å². The fourth-order valence-corrected chi connectivity index (χ4v) is 6.04. The van der Waals surface area contributed by atoms with E-state index in [1.54, 1.807) is 9.36 Å². The SMILES string of the molecule is COC(=O)CSc1cc(/N=c2\sc(=O)n3n2CCCC3)c(F)cc1Cl.C[C@@H](Oc1ccc(Oc2ccc(C#N)cc2F)cc1)C(=O)O. The minimum absolute atomic E-state index is 0.00780. The number of aliphatic carboxylic acids is 1. The molecule has 11 nitrogen and oxygen atoms in total. The summed E-state index contributed by atoms with van der Waals surface area (Å²) >= 11 is 8.17. The van der Waals surface area contributed by atoms with Crippen molar-refractivity contribution in [2.24, 2.45) is 4.99 Å². The molecule has 1 aliphatic rings. The van der Waals surface area contributed by atoms with Crippen molar-refractivity contribution in [3.05, 3.63) is 91.3 Å². The van der Waals surface area contributed by atoms with E-state index in [9.17, 15) is 23.2 Å². The molecule has 0 bridgehead atoms. The predicted octanol–water partition coefficient (Wildman–Crippen LogP) is 6.14. The summed E-state index contributed by atoms with van der Waals surface area (Å²) in [7, 11) is 1.30. The maximum Gasteiger partial charge on any atom is 0.344 e. The number of hydrogen-bond acceptors (Lipinski definition) is 10. The monoisotopic (exact) mass is 704 g/mol. The minimum Gasteiger partial charge on any atom is -0.479 e. The van der Waals surface area contributed by atoms with E-state index in [1.807, 2.05) is 6.07 Å². The number of hydrogen-bond donors (Lipinski definition) is 1. The van der Waals surface area contributed by atoms with Gasteiger partial charge in [0.2, 0.25) is 4.80 Å². The number of thioether (sulfide) groups is 1. The summed E-state index contributed by atoms with van der Waals surface area (Å²) in [6.07, 6.45) is 0.926. The third kappa shape index (κ3) is 9.44. The number of carboxylic acids is 1. The second-order valence-corrected chi connectivity index (χ2v) is 12.1. The molecule has 1 N–H and O–H groups in total. The molecule has 3 aromatic carbocycles. The Morgan fingerprint density at radius 2 is 1.77 bits per heavy atom. The number of halogens is 3. The Morgan fingerprint density at radius 1 is 1.09 bits per heavy atom. The normalized spacial score (nSPS) is 13.0. The molecule has 246 valence electrons. The van der Waals surface area contributed by atoms with Crippen LogP contribution in [0.25, 0.3) is 0 Å². The van der Waals surface area contributed by atoms with Crippen molar-refractivity contribution >= 4 is 52.3 Å². The lowest BCUT2D eigenvalue weighted by atomic mass is 10.2. The van der Waals surface area contributed by atoms with Crippen LogP contribution >= 0.6 is 34.7 Å². The maximum absolute atomic E-state index is 14.3. The van der Waals surface area contributed by atoms with Crippen molar-refractivity contribution in [2.75, 3.05) is 12.9 Å². The molecule has 5 rings (SSSR count). The summed E-state index contributed by atoms with van der Waals surface area (Å²) in [5, 5.41) is 17.6. The topological polar surface area (TPSA) is 145 Å². The van der Waals surface area contributed by atoms with Crippen molar-refractivity contribution < 1.29 is 37.7 Å². The number of nitrogens with zero attached hydrogens (tertiary/aromatic N) is 4. The average Bonchev–Trinajstić information content (AvgIpc) is 3.38. The maximum atomic E-state index is 14.3. The molecule has 0 fully saturated rings. The van der Waals surface area contributed by atoms with Crippen LogP contribution in [0.15, 0.2) is 69.3 Å². The third-order valence-corrected chi connectivity index (χ3v) is 8.78. The van der Waals surface area contributed by atoms with Gasteiger partial charge in [-0.25, -0.2) is 23.2 Å². The van der Waals surface area contributed by atoms with Crippen LogP contribution in [-0.4, -0.2) is 45.4 Å². The zero-order chi connectivity index (χ0) is 34.1. The van der Waals surface area contributed by atoms with Crippen LogP contribution in [0.3, 0.4) is 0 Å². The summed E-state index contributed by atoms with van der Waals surface area (Å²) in [5.74, 6) is -1.92. The number of nitriles is 1. The highest BCUT2D eigenvalue weighted by Gasteiger charge is 2.16. The molecule has 0 saturated heterocycles. The molecule has 0 unspecified atom stereocenters. The smallest absolute Gasteiger partial charge is 0.344 e. The minimum atomic E-state index is -1.07. The fraction of sp³-hybridized carbons (Fsp3) is 0.258. The second kappa shape index (κ2) is 16.3. The average molecular weight is 705 g/mol. The van der Waals surface area contributed by atoms with Gasteiger partial charge in [0.15, 0.2) is 17.7 Å². The number of benzene rings is 3. The number of carbonyl (C=O) groups is 2. The first-order chi connectivity index (χ1) is 22.5. The van der Waals surface area contributed by atoms with Crippen LogP contribution in [0.5, 0.6) is 17.2 Å². The number of carbonyl (C=O) groups excluding carboxylic acids is 1. The number of methoxy groups -OCH3 is 1. The van der Waals surface area contributed by atoms with Crippen LogP contribution in [0, 0.1) is 23.0 Å². The Kier molecular flexibility index (Phi) is 12.2. The Bertz CT molecular complexity index is 1940.